The Bertz CT molecular complexity index is 796. The molecule has 1 aromatic carbocycles. The van der Waals surface area contributed by atoms with Crippen molar-refractivity contribution in [3.63, 3.8) is 0 Å². The number of nitro benzene ring substituents is 1. The van der Waals surface area contributed by atoms with Gasteiger partial charge in [-0.1, -0.05) is 6.07 Å². The van der Waals surface area contributed by atoms with Crippen LogP contribution in [0.25, 0.3) is 0 Å². The Labute approximate surface area is 141 Å². The van der Waals surface area contributed by atoms with Crippen LogP contribution < -0.4 is 4.31 Å². The average molecular weight is 433 g/mol. The molecule has 116 valence electrons. The summed E-state index contributed by atoms with van der Waals surface area (Å²) in [6.07, 6.45) is 4.28. The molecule has 2 aromatic rings. The first-order valence-electron chi connectivity index (χ1n) is 6.09. The number of nitrogens with zero attached hydrogens (tertiary/aromatic N) is 3. The van der Waals surface area contributed by atoms with E-state index in [9.17, 15) is 18.5 Å². The van der Waals surface area contributed by atoms with Crippen LogP contribution in [0.2, 0.25) is 0 Å². The van der Waals surface area contributed by atoms with Gasteiger partial charge in [0.1, 0.15) is 0 Å². The Morgan fingerprint density at radius 2 is 2.09 bits per heavy atom. The van der Waals surface area contributed by atoms with Crippen molar-refractivity contribution in [1.29, 1.82) is 0 Å². The van der Waals surface area contributed by atoms with E-state index in [1.165, 1.54) is 22.5 Å². The number of halogens is 1. The fourth-order valence-electron chi connectivity index (χ4n) is 1.85. The normalized spacial score (nSPS) is 11.2. The van der Waals surface area contributed by atoms with E-state index >= 15 is 0 Å². The van der Waals surface area contributed by atoms with E-state index in [1.807, 2.05) is 22.6 Å². The Hall–Kier alpha value is -1.75. The molecule has 1 heterocycles. The van der Waals surface area contributed by atoms with Crippen LogP contribution in [0, 0.1) is 13.7 Å². The highest BCUT2D eigenvalue weighted by molar-refractivity contribution is 14.1. The summed E-state index contributed by atoms with van der Waals surface area (Å²) in [6, 6.07) is 7.56. The summed E-state index contributed by atoms with van der Waals surface area (Å²) in [7, 11) is -3.54. The average Bonchev–Trinajstić information content (AvgIpc) is 2.45. The van der Waals surface area contributed by atoms with Gasteiger partial charge in [-0.05, 0) is 40.3 Å². The molecule has 1 aromatic heterocycles. The number of nitro groups is 1. The lowest BCUT2D eigenvalue weighted by Crippen LogP contribution is -2.30. The van der Waals surface area contributed by atoms with Gasteiger partial charge in [-0.15, -0.1) is 0 Å². The third kappa shape index (κ3) is 3.91. The molecule has 22 heavy (non-hydrogen) atoms. The maximum absolute atomic E-state index is 12.1. The van der Waals surface area contributed by atoms with Gasteiger partial charge in [0, 0.05) is 28.1 Å². The first kappa shape index (κ1) is 16.6. The van der Waals surface area contributed by atoms with Gasteiger partial charge >= 0.3 is 0 Å². The van der Waals surface area contributed by atoms with E-state index in [0.29, 0.717) is 9.26 Å². The molecule has 0 N–H and O–H groups in total. The summed E-state index contributed by atoms with van der Waals surface area (Å²) in [6.45, 7) is 0.112. The quantitative estimate of drug-likeness (QED) is 0.411. The molecule has 0 radical (unpaired) electrons. The van der Waals surface area contributed by atoms with Gasteiger partial charge in [0.25, 0.3) is 5.69 Å². The van der Waals surface area contributed by atoms with Gasteiger partial charge in [-0.2, -0.15) is 0 Å². The molecule has 2 rings (SSSR count). The van der Waals surface area contributed by atoms with Crippen molar-refractivity contribution in [2.45, 2.75) is 6.54 Å². The topological polar surface area (TPSA) is 93.4 Å². The number of hydrogen-bond acceptors (Lipinski definition) is 5. The summed E-state index contributed by atoms with van der Waals surface area (Å²) in [5.74, 6) is 0. The van der Waals surface area contributed by atoms with Gasteiger partial charge in [0.05, 0.1) is 23.4 Å². The monoisotopic (exact) mass is 433 g/mol. The summed E-state index contributed by atoms with van der Waals surface area (Å²) >= 11 is 1.89. The molecular weight excluding hydrogens is 421 g/mol. The van der Waals surface area contributed by atoms with Crippen LogP contribution in [0.3, 0.4) is 0 Å². The van der Waals surface area contributed by atoms with E-state index < -0.39 is 14.9 Å². The number of hydrogen-bond donors (Lipinski definition) is 0. The number of rotatable bonds is 5. The van der Waals surface area contributed by atoms with Gasteiger partial charge in [0.2, 0.25) is 10.0 Å². The smallest absolute Gasteiger partial charge is 0.265 e. The van der Waals surface area contributed by atoms with Gasteiger partial charge < -0.3 is 0 Å². The molecule has 0 aliphatic carbocycles. The molecular formula is C13H12IN3O4S. The maximum Gasteiger partial charge on any atom is 0.270 e. The molecule has 0 bridgehead atoms. The minimum absolute atomic E-state index is 0.0806. The van der Waals surface area contributed by atoms with Crippen LogP contribution in [0.15, 0.2) is 42.7 Å². The summed E-state index contributed by atoms with van der Waals surface area (Å²) in [5.41, 5.74) is 1.04. The number of anilines is 1. The van der Waals surface area contributed by atoms with Crippen molar-refractivity contribution in [3.05, 3.63) is 62.0 Å². The summed E-state index contributed by atoms with van der Waals surface area (Å²) in [4.78, 5) is 14.2. The first-order chi connectivity index (χ1) is 10.3. The lowest BCUT2D eigenvalue weighted by atomic mass is 10.2. The minimum Gasteiger partial charge on any atom is -0.265 e. The van der Waals surface area contributed by atoms with E-state index in [1.54, 1.807) is 24.5 Å². The van der Waals surface area contributed by atoms with Crippen LogP contribution in [0.5, 0.6) is 0 Å². The Morgan fingerprint density at radius 3 is 2.59 bits per heavy atom. The second-order valence-electron chi connectivity index (χ2n) is 4.52. The molecule has 0 fully saturated rings. The maximum atomic E-state index is 12.1. The van der Waals surface area contributed by atoms with Crippen LogP contribution in [0.4, 0.5) is 11.4 Å². The van der Waals surface area contributed by atoms with Crippen molar-refractivity contribution >= 4 is 44.0 Å². The molecule has 9 heteroatoms. The third-order valence-corrected chi connectivity index (χ3v) is 4.85. The largest absolute Gasteiger partial charge is 0.270 e. The van der Waals surface area contributed by atoms with Crippen LogP contribution in [0.1, 0.15) is 5.56 Å². The van der Waals surface area contributed by atoms with Gasteiger partial charge in [-0.3, -0.25) is 19.4 Å². The minimum atomic E-state index is -3.54. The molecule has 0 aliphatic rings. The Morgan fingerprint density at radius 1 is 1.36 bits per heavy atom. The number of benzene rings is 1. The van der Waals surface area contributed by atoms with Crippen molar-refractivity contribution in [2.24, 2.45) is 0 Å². The zero-order chi connectivity index (χ0) is 16.3. The number of non-ortho nitro benzene ring substituents is 1. The van der Waals surface area contributed by atoms with Crippen LogP contribution >= 0.6 is 22.6 Å². The van der Waals surface area contributed by atoms with Gasteiger partial charge in [0.15, 0.2) is 0 Å². The predicted octanol–water partition coefficient (Wildman–Crippen LogP) is 2.56. The second-order valence-corrected chi connectivity index (χ2v) is 7.59. The summed E-state index contributed by atoms with van der Waals surface area (Å²) < 4.78 is 25.8. The highest BCUT2D eigenvalue weighted by atomic mass is 127. The van der Waals surface area contributed by atoms with Crippen molar-refractivity contribution in [1.82, 2.24) is 4.98 Å². The number of pyridine rings is 1. The lowest BCUT2D eigenvalue weighted by molar-refractivity contribution is -0.384. The zero-order valence-corrected chi connectivity index (χ0v) is 14.5. The molecule has 7 nitrogen and oxygen atoms in total. The first-order valence-corrected chi connectivity index (χ1v) is 9.02. The van der Waals surface area contributed by atoms with E-state index in [2.05, 4.69) is 4.98 Å². The van der Waals surface area contributed by atoms with Crippen molar-refractivity contribution in [2.75, 3.05) is 10.6 Å². The van der Waals surface area contributed by atoms with E-state index in [-0.39, 0.29) is 12.2 Å². The van der Waals surface area contributed by atoms with Gasteiger partial charge in [-0.25, -0.2) is 8.42 Å². The lowest BCUT2D eigenvalue weighted by Gasteiger charge is -2.23. The van der Waals surface area contributed by atoms with E-state index in [0.717, 1.165) is 11.8 Å². The number of sulfonamides is 1. The van der Waals surface area contributed by atoms with Crippen molar-refractivity contribution < 1.29 is 13.3 Å². The molecule has 0 amide bonds. The fourth-order valence-corrected chi connectivity index (χ4v) is 3.70. The molecule has 0 aliphatic heterocycles. The van der Waals surface area contributed by atoms with E-state index in [4.69, 9.17) is 0 Å². The molecule has 0 saturated heterocycles. The predicted molar refractivity (Wildman–Crippen MR) is 91.1 cm³/mol. The SMILES string of the molecule is CS(=O)(=O)N(Cc1cccnc1)c1ccc([N+](=O)[O-])cc1I. The molecule has 0 unspecified atom stereocenters. The van der Waals surface area contributed by atoms with Crippen LogP contribution in [-0.4, -0.2) is 24.6 Å². The number of aromatic nitrogens is 1. The highest BCUT2D eigenvalue weighted by Gasteiger charge is 2.22. The summed E-state index contributed by atoms with van der Waals surface area (Å²) in [5, 5.41) is 10.8. The second kappa shape index (κ2) is 6.57. The van der Waals surface area contributed by atoms with Crippen molar-refractivity contribution in [3.8, 4) is 0 Å². The Balaban J connectivity index is 2.45. The fraction of sp³-hybridized carbons (Fsp3) is 0.154. The highest BCUT2D eigenvalue weighted by Crippen LogP contribution is 2.29. The Kier molecular flexibility index (Phi) is 4.96. The standard InChI is InChI=1S/C13H12IN3O4S/c1-22(20,21)16(9-10-3-2-6-15-8-10)13-5-4-11(17(18)19)7-12(13)14/h2-8H,9H2,1H3. The zero-order valence-electron chi connectivity index (χ0n) is 11.5. The molecule has 0 atom stereocenters. The van der Waals surface area contributed by atoms with Crippen LogP contribution in [-0.2, 0) is 16.6 Å². The molecule has 0 spiro atoms. The third-order valence-electron chi connectivity index (χ3n) is 2.86. The molecule has 0 saturated carbocycles.